The lowest BCUT2D eigenvalue weighted by atomic mass is 10.0. The fraction of sp³-hybridized carbons (Fsp3) is 0.438. The average Bonchev–Trinajstić information content (AvgIpc) is 3.45. The highest BCUT2D eigenvalue weighted by atomic mass is 32.2. The molecule has 2 aromatic rings. The number of carboxylic acids is 1. The van der Waals surface area contributed by atoms with Crippen LogP contribution in [0.25, 0.3) is 0 Å². The van der Waals surface area contributed by atoms with Crippen LogP contribution >= 0.6 is 34.9 Å². The summed E-state index contributed by atoms with van der Waals surface area (Å²) >= 11 is 4.21. The number of thioether (sulfide) groups is 2. The molecule has 0 aliphatic carbocycles. The summed E-state index contributed by atoms with van der Waals surface area (Å²) in [5, 5.41) is 32.7. The SMILES string of the molecule is Cc1nnc(SCC2=C(C(=O)NCC(=O)O)N3C(=O)[C@@H](NC(=O)Cn4cnnn4)[C@H]3SC2)s1. The summed E-state index contributed by atoms with van der Waals surface area (Å²) in [7, 11) is 0. The van der Waals surface area contributed by atoms with Gasteiger partial charge in [0.25, 0.3) is 11.8 Å². The lowest BCUT2D eigenvalue weighted by Gasteiger charge is -2.50. The predicted molar refractivity (Wildman–Crippen MR) is 116 cm³/mol. The fourth-order valence-electron chi connectivity index (χ4n) is 3.15. The van der Waals surface area contributed by atoms with E-state index in [0.717, 1.165) is 9.35 Å². The van der Waals surface area contributed by atoms with Gasteiger partial charge in [-0.05, 0) is 22.9 Å². The maximum absolute atomic E-state index is 12.9. The topological polar surface area (TPSA) is 185 Å². The Balaban J connectivity index is 1.49. The zero-order valence-corrected chi connectivity index (χ0v) is 19.4. The van der Waals surface area contributed by atoms with Gasteiger partial charge in [0.1, 0.15) is 41.5 Å². The Hall–Kier alpha value is -3.05. The summed E-state index contributed by atoms with van der Waals surface area (Å²) in [4.78, 5) is 50.2. The van der Waals surface area contributed by atoms with E-state index >= 15 is 0 Å². The zero-order chi connectivity index (χ0) is 23.5. The van der Waals surface area contributed by atoms with Gasteiger partial charge in [0.15, 0.2) is 4.34 Å². The Bertz CT molecular complexity index is 1120. The second-order valence-electron chi connectivity index (χ2n) is 6.87. The van der Waals surface area contributed by atoms with Gasteiger partial charge in [-0.1, -0.05) is 23.1 Å². The van der Waals surface area contributed by atoms with E-state index in [-0.39, 0.29) is 12.2 Å². The molecule has 2 atom stereocenters. The molecule has 2 aromatic heterocycles. The summed E-state index contributed by atoms with van der Waals surface area (Å²) in [5.74, 6) is -1.95. The summed E-state index contributed by atoms with van der Waals surface area (Å²) < 4.78 is 1.94. The maximum atomic E-state index is 12.9. The Labute approximate surface area is 198 Å². The van der Waals surface area contributed by atoms with Crippen molar-refractivity contribution in [1.82, 2.24) is 45.9 Å². The lowest BCUT2D eigenvalue weighted by Crippen LogP contribution is -2.71. The number of aryl methyl sites for hydroxylation is 1. The van der Waals surface area contributed by atoms with Gasteiger partial charge in [0.05, 0.1) is 0 Å². The van der Waals surface area contributed by atoms with Gasteiger partial charge in [0, 0.05) is 11.5 Å². The van der Waals surface area contributed by atoms with E-state index in [1.54, 1.807) is 0 Å². The number of carbonyl (C=O) groups is 4. The van der Waals surface area contributed by atoms with Crippen molar-refractivity contribution in [1.29, 1.82) is 0 Å². The highest BCUT2D eigenvalue weighted by molar-refractivity contribution is 8.01. The minimum atomic E-state index is -1.20. The molecule has 0 aromatic carbocycles. The van der Waals surface area contributed by atoms with E-state index in [2.05, 4.69) is 36.4 Å². The molecule has 0 unspecified atom stereocenters. The molecule has 0 saturated carbocycles. The normalized spacial score (nSPS) is 19.7. The van der Waals surface area contributed by atoms with Crippen molar-refractivity contribution in [2.75, 3.05) is 18.1 Å². The van der Waals surface area contributed by atoms with Crippen LogP contribution in [0.2, 0.25) is 0 Å². The summed E-state index contributed by atoms with van der Waals surface area (Å²) in [6.07, 6.45) is 1.28. The van der Waals surface area contributed by atoms with Gasteiger partial charge in [0.2, 0.25) is 5.91 Å². The Morgan fingerprint density at radius 1 is 1.33 bits per heavy atom. The van der Waals surface area contributed by atoms with E-state index in [4.69, 9.17) is 5.11 Å². The molecule has 4 heterocycles. The van der Waals surface area contributed by atoms with Crippen LogP contribution in [-0.2, 0) is 25.7 Å². The fourth-order valence-corrected chi connectivity index (χ4v) is 6.45. The Morgan fingerprint density at radius 3 is 2.82 bits per heavy atom. The van der Waals surface area contributed by atoms with Crippen molar-refractivity contribution in [3.8, 4) is 0 Å². The average molecular weight is 512 g/mol. The molecule has 0 bridgehead atoms. The van der Waals surface area contributed by atoms with Gasteiger partial charge < -0.3 is 15.7 Å². The number of hydrogen-bond donors (Lipinski definition) is 3. The number of amides is 3. The second kappa shape index (κ2) is 9.84. The third kappa shape index (κ3) is 5.14. The Kier molecular flexibility index (Phi) is 6.89. The van der Waals surface area contributed by atoms with Crippen LogP contribution in [0.15, 0.2) is 21.9 Å². The van der Waals surface area contributed by atoms with E-state index in [1.807, 2.05) is 6.92 Å². The van der Waals surface area contributed by atoms with Gasteiger partial charge in [-0.2, -0.15) is 0 Å². The molecular weight excluding hydrogens is 494 g/mol. The quantitative estimate of drug-likeness (QED) is 0.261. The lowest BCUT2D eigenvalue weighted by molar-refractivity contribution is -0.148. The third-order valence-electron chi connectivity index (χ3n) is 4.55. The standard InChI is InChI=1S/C16H17N9O5S3/c1-7-20-21-16(33-7)32-5-8-4-31-15-11(19-9(26)3-24-6-18-22-23-24)14(30)25(15)12(8)13(29)17-2-10(27)28/h6,11,15H,2-5H2,1H3,(H,17,29)(H,19,26)(H,27,28)/t11-,15-/m1/s1. The molecule has 17 heteroatoms. The number of tetrazole rings is 1. The van der Waals surface area contributed by atoms with Crippen LogP contribution in [0, 0.1) is 6.92 Å². The van der Waals surface area contributed by atoms with E-state index in [9.17, 15) is 19.2 Å². The number of β-lactam (4-membered cyclic amide) rings is 1. The minimum Gasteiger partial charge on any atom is -0.480 e. The molecule has 3 amide bonds. The first-order valence-electron chi connectivity index (χ1n) is 9.43. The number of aliphatic carboxylic acids is 1. The highest BCUT2D eigenvalue weighted by Gasteiger charge is 2.54. The molecule has 174 valence electrons. The summed E-state index contributed by atoms with van der Waals surface area (Å²) in [5.41, 5.74) is 0.786. The van der Waals surface area contributed by atoms with E-state index in [0.29, 0.717) is 17.1 Å². The number of carboxylic acid groups (broad SMARTS) is 1. The first kappa shape index (κ1) is 23.1. The van der Waals surface area contributed by atoms with Crippen LogP contribution in [0.4, 0.5) is 0 Å². The smallest absolute Gasteiger partial charge is 0.322 e. The van der Waals surface area contributed by atoms with E-state index in [1.165, 1.54) is 50.8 Å². The molecule has 1 saturated heterocycles. The summed E-state index contributed by atoms with van der Waals surface area (Å²) in [6.45, 7) is 1.10. The van der Waals surface area contributed by atoms with Crippen LogP contribution in [-0.4, -0.2) is 93.6 Å². The molecule has 2 aliphatic heterocycles. The first-order valence-corrected chi connectivity index (χ1v) is 12.3. The van der Waals surface area contributed by atoms with Crippen LogP contribution in [0.5, 0.6) is 0 Å². The van der Waals surface area contributed by atoms with Crippen molar-refractivity contribution in [3.05, 3.63) is 22.6 Å². The number of carbonyl (C=O) groups excluding carboxylic acids is 3. The highest BCUT2D eigenvalue weighted by Crippen LogP contribution is 2.41. The zero-order valence-electron chi connectivity index (χ0n) is 17.0. The molecule has 1 fully saturated rings. The molecule has 0 spiro atoms. The number of rotatable bonds is 9. The third-order valence-corrected chi connectivity index (χ3v) is 7.95. The van der Waals surface area contributed by atoms with Crippen LogP contribution < -0.4 is 10.6 Å². The molecule has 0 radical (unpaired) electrons. The number of nitrogens with one attached hydrogen (secondary N) is 2. The van der Waals surface area contributed by atoms with Gasteiger partial charge in [-0.25, -0.2) is 4.68 Å². The molecule has 4 rings (SSSR count). The van der Waals surface area contributed by atoms with Crippen molar-refractivity contribution < 1.29 is 24.3 Å². The maximum Gasteiger partial charge on any atom is 0.322 e. The minimum absolute atomic E-state index is 0.115. The van der Waals surface area contributed by atoms with Gasteiger partial charge >= 0.3 is 5.97 Å². The molecule has 2 aliphatic rings. The van der Waals surface area contributed by atoms with E-state index < -0.39 is 41.7 Å². The number of fused-ring (bicyclic) bond motifs is 1. The number of hydrogen-bond acceptors (Lipinski definition) is 12. The molecule has 14 nitrogen and oxygen atoms in total. The van der Waals surface area contributed by atoms with Crippen molar-refractivity contribution in [2.24, 2.45) is 0 Å². The van der Waals surface area contributed by atoms with Gasteiger partial charge in [-0.3, -0.25) is 24.1 Å². The Morgan fingerprint density at radius 2 is 2.15 bits per heavy atom. The van der Waals surface area contributed by atoms with Crippen LogP contribution in [0.3, 0.4) is 0 Å². The number of aromatic nitrogens is 6. The summed E-state index contributed by atoms with van der Waals surface area (Å²) in [6, 6.07) is -0.818. The second-order valence-corrected chi connectivity index (χ2v) is 10.4. The van der Waals surface area contributed by atoms with Crippen LogP contribution in [0.1, 0.15) is 5.01 Å². The molecular formula is C16H17N9O5S3. The largest absolute Gasteiger partial charge is 0.480 e. The van der Waals surface area contributed by atoms with Crippen molar-refractivity contribution in [2.45, 2.75) is 29.2 Å². The van der Waals surface area contributed by atoms with Crippen molar-refractivity contribution in [3.63, 3.8) is 0 Å². The van der Waals surface area contributed by atoms with Gasteiger partial charge in [-0.15, -0.1) is 27.1 Å². The number of nitrogens with zero attached hydrogens (tertiary/aromatic N) is 7. The van der Waals surface area contributed by atoms with Crippen molar-refractivity contribution >= 4 is 58.6 Å². The molecule has 3 N–H and O–H groups in total. The molecule has 33 heavy (non-hydrogen) atoms. The first-order chi connectivity index (χ1) is 15.8. The predicted octanol–water partition coefficient (Wildman–Crippen LogP) is -1.52. The monoisotopic (exact) mass is 511 g/mol.